The van der Waals surface area contributed by atoms with Gasteiger partial charge < -0.3 is 10.4 Å². The molecule has 0 aromatic rings. The molecule has 1 unspecified atom stereocenters. The van der Waals surface area contributed by atoms with E-state index in [-0.39, 0.29) is 18.5 Å². The smallest absolute Gasteiger partial charge is 0.317 e. The number of hydrogen-bond donors (Lipinski definition) is 2. The Morgan fingerprint density at radius 3 is 2.11 bits per heavy atom. The maximum atomic E-state index is 11.9. The maximum absolute atomic E-state index is 11.9. The van der Waals surface area contributed by atoms with Crippen LogP contribution in [0.4, 0.5) is 0 Å². The Balaban J connectivity index is 4.33. The topological polar surface area (TPSA) is 69.6 Å². The zero-order valence-corrected chi connectivity index (χ0v) is 12.1. The van der Waals surface area contributed by atoms with Crippen LogP contribution in [0.25, 0.3) is 0 Å². The Morgan fingerprint density at radius 1 is 1.17 bits per heavy atom. The second kappa shape index (κ2) is 8.08. The van der Waals surface area contributed by atoms with Crippen molar-refractivity contribution < 1.29 is 14.7 Å². The monoisotopic (exact) mass is 258 g/mol. The van der Waals surface area contributed by atoms with E-state index in [1.165, 1.54) is 0 Å². The van der Waals surface area contributed by atoms with Crippen molar-refractivity contribution in [1.29, 1.82) is 0 Å². The Kier molecular flexibility index (Phi) is 7.59. The number of carboxylic acids is 1. The van der Waals surface area contributed by atoms with E-state index in [0.717, 1.165) is 6.42 Å². The second-order valence-electron chi connectivity index (χ2n) is 5.31. The van der Waals surface area contributed by atoms with Crippen LogP contribution in [0, 0.1) is 5.92 Å². The average Bonchev–Trinajstić information content (AvgIpc) is 2.23. The lowest BCUT2D eigenvalue weighted by Gasteiger charge is -2.30. The number of nitrogens with one attached hydrogen (secondary N) is 1. The molecule has 0 aromatic heterocycles. The van der Waals surface area contributed by atoms with E-state index in [1.807, 2.05) is 13.8 Å². The Labute approximate surface area is 110 Å². The minimum atomic E-state index is -0.912. The summed E-state index contributed by atoms with van der Waals surface area (Å²) >= 11 is 0. The minimum Gasteiger partial charge on any atom is -0.480 e. The van der Waals surface area contributed by atoms with Crippen molar-refractivity contribution >= 4 is 11.9 Å². The molecule has 0 aliphatic carbocycles. The Hall–Kier alpha value is -1.10. The van der Waals surface area contributed by atoms with Gasteiger partial charge in [0.05, 0.1) is 12.6 Å². The van der Waals surface area contributed by atoms with Crippen LogP contribution in [-0.4, -0.2) is 47.1 Å². The van der Waals surface area contributed by atoms with Gasteiger partial charge in [0.25, 0.3) is 0 Å². The Bertz CT molecular complexity index is 277. The third-order valence-electron chi connectivity index (χ3n) is 2.88. The summed E-state index contributed by atoms with van der Waals surface area (Å²) in [6.45, 7) is 10.2. The first-order chi connectivity index (χ1) is 8.25. The molecule has 0 heterocycles. The van der Waals surface area contributed by atoms with Gasteiger partial charge in [-0.25, -0.2) is 0 Å². The van der Waals surface area contributed by atoms with Crippen LogP contribution in [0.15, 0.2) is 0 Å². The molecule has 1 atom stereocenters. The van der Waals surface area contributed by atoms with E-state index < -0.39 is 12.0 Å². The van der Waals surface area contributed by atoms with Crippen LogP contribution >= 0.6 is 0 Å². The molecular weight excluding hydrogens is 232 g/mol. The lowest BCUT2D eigenvalue weighted by Crippen LogP contribution is -2.50. The summed E-state index contributed by atoms with van der Waals surface area (Å²) in [5.74, 6) is -0.475. The lowest BCUT2D eigenvalue weighted by atomic mass is 10.1. The van der Waals surface area contributed by atoms with Crippen LogP contribution in [0.5, 0.6) is 0 Å². The molecule has 0 saturated carbocycles. The average molecular weight is 258 g/mol. The van der Waals surface area contributed by atoms with Crippen LogP contribution in [-0.2, 0) is 9.59 Å². The molecule has 0 bridgehead atoms. The van der Waals surface area contributed by atoms with Gasteiger partial charge in [-0.1, -0.05) is 13.8 Å². The van der Waals surface area contributed by atoms with Gasteiger partial charge in [-0.2, -0.15) is 0 Å². The molecule has 0 spiro atoms. The third kappa shape index (κ3) is 6.59. The van der Waals surface area contributed by atoms with Crippen molar-refractivity contribution in [1.82, 2.24) is 10.2 Å². The molecule has 106 valence electrons. The van der Waals surface area contributed by atoms with Crippen molar-refractivity contribution in [3.8, 4) is 0 Å². The van der Waals surface area contributed by atoms with Gasteiger partial charge >= 0.3 is 5.97 Å². The summed E-state index contributed by atoms with van der Waals surface area (Å²) in [7, 11) is 0. The van der Waals surface area contributed by atoms with Crippen molar-refractivity contribution in [3.63, 3.8) is 0 Å². The van der Waals surface area contributed by atoms with Crippen LogP contribution in [0.3, 0.4) is 0 Å². The van der Waals surface area contributed by atoms with Gasteiger partial charge in [-0.15, -0.1) is 0 Å². The zero-order valence-electron chi connectivity index (χ0n) is 12.1. The highest BCUT2D eigenvalue weighted by Gasteiger charge is 2.25. The van der Waals surface area contributed by atoms with Gasteiger partial charge in [-0.3, -0.25) is 14.5 Å². The summed E-state index contributed by atoms with van der Waals surface area (Å²) in [6.07, 6.45) is 0.930. The normalized spacial score (nSPS) is 13.1. The molecule has 0 saturated heterocycles. The number of hydrogen-bond acceptors (Lipinski definition) is 3. The molecule has 2 N–H and O–H groups in total. The summed E-state index contributed by atoms with van der Waals surface area (Å²) < 4.78 is 0. The fraction of sp³-hybridized carbons (Fsp3) is 0.846. The molecule has 5 heteroatoms. The molecular formula is C13H26N2O3. The lowest BCUT2D eigenvalue weighted by molar-refractivity contribution is -0.140. The molecule has 0 aromatic carbocycles. The number of aliphatic carboxylic acids is 1. The quantitative estimate of drug-likeness (QED) is 0.689. The number of nitrogens with zero attached hydrogens (tertiary/aromatic N) is 1. The summed E-state index contributed by atoms with van der Waals surface area (Å²) in [4.78, 5) is 24.4. The molecule has 0 aliphatic heterocycles. The van der Waals surface area contributed by atoms with Crippen molar-refractivity contribution in [2.45, 2.75) is 53.1 Å². The summed E-state index contributed by atoms with van der Waals surface area (Å²) in [5.41, 5.74) is 0. The summed E-state index contributed by atoms with van der Waals surface area (Å²) in [6, 6.07) is -0.403. The number of carbonyl (C=O) groups excluding carboxylic acids is 1. The van der Waals surface area contributed by atoms with E-state index in [0.29, 0.717) is 12.5 Å². The van der Waals surface area contributed by atoms with Gasteiger partial charge in [0.1, 0.15) is 0 Å². The van der Waals surface area contributed by atoms with E-state index in [1.54, 1.807) is 11.8 Å². The predicted octanol–water partition coefficient (Wildman–Crippen LogP) is 1.33. The largest absolute Gasteiger partial charge is 0.480 e. The van der Waals surface area contributed by atoms with Crippen LogP contribution in [0.2, 0.25) is 0 Å². The van der Waals surface area contributed by atoms with Crippen LogP contribution in [0.1, 0.15) is 41.0 Å². The van der Waals surface area contributed by atoms with Gasteiger partial charge in [0.2, 0.25) is 5.91 Å². The second-order valence-corrected chi connectivity index (χ2v) is 5.31. The summed E-state index contributed by atoms with van der Waals surface area (Å²) in [5, 5.41) is 11.7. The van der Waals surface area contributed by atoms with Crippen molar-refractivity contribution in [3.05, 3.63) is 0 Å². The molecule has 5 nitrogen and oxygen atoms in total. The van der Waals surface area contributed by atoms with E-state index >= 15 is 0 Å². The highest BCUT2D eigenvalue weighted by Crippen LogP contribution is 2.06. The number of carboxylic acid groups (broad SMARTS) is 1. The van der Waals surface area contributed by atoms with Crippen molar-refractivity contribution in [2.24, 2.45) is 5.92 Å². The molecule has 0 aliphatic rings. The first kappa shape index (κ1) is 16.9. The number of rotatable bonds is 8. The first-order valence-corrected chi connectivity index (χ1v) is 6.51. The standard InChI is InChI=1S/C13H26N2O3/c1-9(2)6-7-14-13(18)11(5)15(10(3)4)8-12(16)17/h9-11H,6-8H2,1-5H3,(H,14,18)(H,16,17). The minimum absolute atomic E-state index is 0.0203. The molecule has 18 heavy (non-hydrogen) atoms. The number of carbonyl (C=O) groups is 2. The van der Waals surface area contributed by atoms with E-state index in [2.05, 4.69) is 19.2 Å². The Morgan fingerprint density at radius 2 is 1.72 bits per heavy atom. The highest BCUT2D eigenvalue weighted by atomic mass is 16.4. The molecule has 0 radical (unpaired) electrons. The van der Waals surface area contributed by atoms with Crippen LogP contribution < -0.4 is 5.32 Å². The predicted molar refractivity (Wildman–Crippen MR) is 71.4 cm³/mol. The van der Waals surface area contributed by atoms with E-state index in [4.69, 9.17) is 5.11 Å². The third-order valence-corrected chi connectivity index (χ3v) is 2.88. The highest BCUT2D eigenvalue weighted by molar-refractivity contribution is 5.82. The fourth-order valence-corrected chi connectivity index (χ4v) is 1.71. The maximum Gasteiger partial charge on any atom is 0.317 e. The molecule has 1 amide bonds. The molecule has 0 fully saturated rings. The van der Waals surface area contributed by atoms with Gasteiger partial charge in [-0.05, 0) is 33.1 Å². The fourth-order valence-electron chi connectivity index (χ4n) is 1.71. The van der Waals surface area contributed by atoms with E-state index in [9.17, 15) is 9.59 Å². The zero-order chi connectivity index (χ0) is 14.3. The first-order valence-electron chi connectivity index (χ1n) is 6.51. The van der Waals surface area contributed by atoms with Crippen molar-refractivity contribution in [2.75, 3.05) is 13.1 Å². The van der Waals surface area contributed by atoms with Gasteiger partial charge in [0.15, 0.2) is 0 Å². The van der Waals surface area contributed by atoms with Gasteiger partial charge in [0, 0.05) is 12.6 Å². The number of amides is 1. The molecule has 0 rings (SSSR count). The SMILES string of the molecule is CC(C)CCNC(=O)C(C)N(CC(=O)O)C(C)C.